The number of benzene rings is 2. The van der Waals surface area contributed by atoms with Gasteiger partial charge in [-0.2, -0.15) is 0 Å². The maximum atomic E-state index is 13.2. The third kappa shape index (κ3) is 3.70. The SMILES string of the molecule is CCc1nc(-c2ccc(F)cc2)nc(Nc2ccc(O)c(Cl)c2)c1NC. The maximum Gasteiger partial charge on any atom is 0.161 e. The van der Waals surface area contributed by atoms with Crippen molar-refractivity contribution >= 4 is 28.8 Å². The van der Waals surface area contributed by atoms with Crippen LogP contribution in [0, 0.1) is 5.82 Å². The van der Waals surface area contributed by atoms with Crippen LogP contribution >= 0.6 is 11.6 Å². The lowest BCUT2D eigenvalue weighted by Gasteiger charge is -2.16. The quantitative estimate of drug-likeness (QED) is 0.550. The fraction of sp³-hybridized carbons (Fsp3) is 0.158. The van der Waals surface area contributed by atoms with Gasteiger partial charge in [-0.05, 0) is 48.9 Å². The Morgan fingerprint density at radius 1 is 1.12 bits per heavy atom. The predicted molar refractivity (Wildman–Crippen MR) is 103 cm³/mol. The van der Waals surface area contributed by atoms with E-state index in [1.165, 1.54) is 18.2 Å². The van der Waals surface area contributed by atoms with Crippen LogP contribution in [0.1, 0.15) is 12.6 Å². The highest BCUT2D eigenvalue weighted by molar-refractivity contribution is 6.32. The molecular weight excluding hydrogens is 355 g/mol. The number of aryl methyl sites for hydroxylation is 1. The Morgan fingerprint density at radius 3 is 2.46 bits per heavy atom. The minimum absolute atomic E-state index is 0.00925. The van der Waals surface area contributed by atoms with Crippen LogP contribution in [-0.4, -0.2) is 22.1 Å². The molecular formula is C19H18ClFN4O. The Labute approximate surface area is 155 Å². The number of nitrogens with one attached hydrogen (secondary N) is 2. The summed E-state index contributed by atoms with van der Waals surface area (Å²) in [5, 5.41) is 16.1. The summed E-state index contributed by atoms with van der Waals surface area (Å²) in [6, 6.07) is 10.9. The van der Waals surface area contributed by atoms with E-state index in [-0.39, 0.29) is 16.6 Å². The monoisotopic (exact) mass is 372 g/mol. The Bertz CT molecular complexity index is 932. The lowest BCUT2D eigenvalue weighted by Crippen LogP contribution is -2.07. The van der Waals surface area contributed by atoms with Crippen molar-refractivity contribution < 1.29 is 9.50 Å². The normalized spacial score (nSPS) is 10.6. The van der Waals surface area contributed by atoms with Gasteiger partial charge in [-0.25, -0.2) is 14.4 Å². The Balaban J connectivity index is 2.07. The molecule has 7 heteroatoms. The average Bonchev–Trinajstić information content (AvgIpc) is 2.64. The molecule has 26 heavy (non-hydrogen) atoms. The van der Waals surface area contributed by atoms with Gasteiger partial charge < -0.3 is 15.7 Å². The van der Waals surface area contributed by atoms with Crippen molar-refractivity contribution in [3.8, 4) is 17.1 Å². The van der Waals surface area contributed by atoms with E-state index in [0.717, 1.165) is 16.9 Å². The van der Waals surface area contributed by atoms with Gasteiger partial charge in [0.1, 0.15) is 11.6 Å². The fourth-order valence-corrected chi connectivity index (χ4v) is 2.75. The number of phenols is 1. The third-order valence-electron chi connectivity index (χ3n) is 3.88. The molecule has 0 spiro atoms. The number of anilines is 3. The number of rotatable bonds is 5. The second-order valence-electron chi connectivity index (χ2n) is 5.62. The highest BCUT2D eigenvalue weighted by Gasteiger charge is 2.14. The van der Waals surface area contributed by atoms with Crippen molar-refractivity contribution in [2.45, 2.75) is 13.3 Å². The van der Waals surface area contributed by atoms with Crippen LogP contribution in [0.5, 0.6) is 5.75 Å². The highest BCUT2D eigenvalue weighted by Crippen LogP contribution is 2.32. The second-order valence-corrected chi connectivity index (χ2v) is 6.03. The lowest BCUT2D eigenvalue weighted by molar-refractivity contribution is 0.475. The molecule has 2 aromatic carbocycles. The molecule has 0 atom stereocenters. The zero-order valence-corrected chi connectivity index (χ0v) is 15.1. The van der Waals surface area contributed by atoms with Crippen molar-refractivity contribution in [2.75, 3.05) is 17.7 Å². The second kappa shape index (κ2) is 7.58. The van der Waals surface area contributed by atoms with E-state index in [1.807, 2.05) is 6.92 Å². The zero-order valence-electron chi connectivity index (χ0n) is 14.3. The summed E-state index contributed by atoms with van der Waals surface area (Å²) in [5.41, 5.74) is 2.99. The van der Waals surface area contributed by atoms with Crippen LogP contribution in [0.15, 0.2) is 42.5 Å². The molecule has 0 radical (unpaired) electrons. The average molecular weight is 373 g/mol. The van der Waals surface area contributed by atoms with Gasteiger partial charge in [0, 0.05) is 18.3 Å². The van der Waals surface area contributed by atoms with Crippen molar-refractivity contribution in [2.24, 2.45) is 0 Å². The van der Waals surface area contributed by atoms with Crippen LogP contribution in [0.25, 0.3) is 11.4 Å². The predicted octanol–water partition coefficient (Wildman–Crippen LogP) is 4.99. The molecule has 134 valence electrons. The van der Waals surface area contributed by atoms with E-state index in [1.54, 1.807) is 31.3 Å². The van der Waals surface area contributed by atoms with E-state index in [2.05, 4.69) is 20.6 Å². The molecule has 0 amide bonds. The van der Waals surface area contributed by atoms with E-state index in [9.17, 15) is 9.50 Å². The maximum absolute atomic E-state index is 13.2. The first-order valence-electron chi connectivity index (χ1n) is 8.12. The highest BCUT2D eigenvalue weighted by atomic mass is 35.5. The molecule has 0 aliphatic rings. The van der Waals surface area contributed by atoms with Crippen molar-refractivity contribution in [3.63, 3.8) is 0 Å². The number of phenolic OH excluding ortho intramolecular Hbond substituents is 1. The van der Waals surface area contributed by atoms with Gasteiger partial charge in [-0.1, -0.05) is 18.5 Å². The van der Waals surface area contributed by atoms with Crippen LogP contribution in [0.2, 0.25) is 5.02 Å². The summed E-state index contributed by atoms with van der Waals surface area (Å²) in [4.78, 5) is 9.18. The summed E-state index contributed by atoms with van der Waals surface area (Å²) in [7, 11) is 1.80. The molecule has 0 aliphatic carbocycles. The first kappa shape index (κ1) is 17.9. The first-order valence-corrected chi connectivity index (χ1v) is 8.49. The molecule has 0 fully saturated rings. The van der Waals surface area contributed by atoms with E-state index < -0.39 is 0 Å². The molecule has 0 bridgehead atoms. The molecule has 0 unspecified atom stereocenters. The van der Waals surface area contributed by atoms with Crippen LogP contribution in [0.3, 0.4) is 0 Å². The Kier molecular flexibility index (Phi) is 5.23. The van der Waals surface area contributed by atoms with E-state index in [4.69, 9.17) is 11.6 Å². The van der Waals surface area contributed by atoms with Gasteiger partial charge in [0.05, 0.1) is 16.4 Å². The minimum Gasteiger partial charge on any atom is -0.506 e. The van der Waals surface area contributed by atoms with Gasteiger partial charge in [-0.15, -0.1) is 0 Å². The number of halogens is 2. The molecule has 5 nitrogen and oxygen atoms in total. The summed E-state index contributed by atoms with van der Waals surface area (Å²) < 4.78 is 13.2. The zero-order chi connectivity index (χ0) is 18.7. The van der Waals surface area contributed by atoms with Crippen LogP contribution in [-0.2, 0) is 6.42 Å². The van der Waals surface area contributed by atoms with Crippen molar-refractivity contribution in [1.82, 2.24) is 9.97 Å². The van der Waals surface area contributed by atoms with E-state index in [0.29, 0.717) is 23.8 Å². The summed E-state index contributed by atoms with van der Waals surface area (Å²) in [6.45, 7) is 2.00. The molecule has 1 heterocycles. The lowest BCUT2D eigenvalue weighted by atomic mass is 10.2. The number of aromatic nitrogens is 2. The van der Waals surface area contributed by atoms with Gasteiger partial charge in [0.15, 0.2) is 11.6 Å². The third-order valence-corrected chi connectivity index (χ3v) is 4.18. The molecule has 3 aromatic rings. The summed E-state index contributed by atoms with van der Waals surface area (Å²) in [5.74, 6) is 0.761. The standard InChI is InChI=1S/C19H18ClFN4O/c1-3-15-17(22-2)19(23-13-8-9-16(26)14(20)10-13)25-18(24-15)11-4-6-12(21)7-5-11/h4-10,22,26H,3H2,1-2H3,(H,23,24,25). The van der Waals surface area contributed by atoms with Crippen molar-refractivity contribution in [3.05, 3.63) is 59.0 Å². The number of hydrogen-bond acceptors (Lipinski definition) is 5. The Morgan fingerprint density at radius 2 is 1.85 bits per heavy atom. The van der Waals surface area contributed by atoms with Gasteiger partial charge in [-0.3, -0.25) is 0 Å². The number of aromatic hydroxyl groups is 1. The number of hydrogen-bond donors (Lipinski definition) is 3. The molecule has 0 saturated heterocycles. The van der Waals surface area contributed by atoms with Gasteiger partial charge in [0.2, 0.25) is 0 Å². The molecule has 3 rings (SSSR count). The smallest absolute Gasteiger partial charge is 0.161 e. The fourth-order valence-electron chi connectivity index (χ4n) is 2.57. The van der Waals surface area contributed by atoms with Crippen LogP contribution in [0.4, 0.5) is 21.6 Å². The first-order chi connectivity index (χ1) is 12.5. The molecule has 3 N–H and O–H groups in total. The summed E-state index contributed by atoms with van der Waals surface area (Å²) in [6.07, 6.45) is 0.692. The van der Waals surface area contributed by atoms with Crippen LogP contribution < -0.4 is 10.6 Å². The number of nitrogens with zero attached hydrogens (tertiary/aromatic N) is 2. The Hall–Kier alpha value is -2.86. The van der Waals surface area contributed by atoms with Crippen molar-refractivity contribution in [1.29, 1.82) is 0 Å². The summed E-state index contributed by atoms with van der Waals surface area (Å²) >= 11 is 5.98. The van der Waals surface area contributed by atoms with Gasteiger partial charge >= 0.3 is 0 Å². The molecule has 0 saturated carbocycles. The largest absolute Gasteiger partial charge is 0.506 e. The topological polar surface area (TPSA) is 70.1 Å². The van der Waals surface area contributed by atoms with E-state index >= 15 is 0 Å². The minimum atomic E-state index is -0.312. The molecule has 1 aromatic heterocycles. The van der Waals surface area contributed by atoms with Gasteiger partial charge in [0.25, 0.3) is 0 Å². The molecule has 0 aliphatic heterocycles.